The first-order chi connectivity index (χ1) is 32.4. The summed E-state index contributed by atoms with van der Waals surface area (Å²) in [5, 5.41) is 2.99. The Labute approximate surface area is 413 Å². The number of likely N-dealkylation sites (N-methyl/N-ethyl adjacent to an activating group) is 1. The molecule has 0 aromatic heterocycles. The van der Waals surface area contributed by atoms with E-state index in [1.807, 2.05) is 27.2 Å². The molecule has 0 fully saturated rings. The Morgan fingerprint density at radius 3 is 1.48 bits per heavy atom. The van der Waals surface area contributed by atoms with E-state index in [-0.39, 0.29) is 18.9 Å². The standard InChI is InChI=1S/C57H103N2O7P/c1-7-10-13-16-19-22-25-27-28-29-30-32-35-38-41-44-47-50-57(61)66-55(48-45-42-39-36-34-31-26-23-20-17-14-11-8-2)54(53-65-67(62,63)64-52-51-59(4,5)6)58-56(60)49-46-43-40-37-33-24-21-18-15-12-9-3/h18-19,21-22,27-28,30,32,38,41,45,48,54-55H,7-17,20,23-26,29,31,33-37,39-40,42-44,46-47,49-53H2,1-6H3,(H-,58,60,62,63)/b21-18-,22-19-,28-27-,32-30-,41-38-,48-45-. The van der Waals surface area contributed by atoms with Crippen LogP contribution in [-0.4, -0.2) is 69.4 Å². The van der Waals surface area contributed by atoms with Crippen molar-refractivity contribution in [3.8, 4) is 0 Å². The van der Waals surface area contributed by atoms with Crippen molar-refractivity contribution in [2.45, 2.75) is 238 Å². The Hall–Kier alpha value is -2.55. The lowest BCUT2D eigenvalue weighted by atomic mass is 10.0. The molecule has 0 saturated carbocycles. The molecule has 0 saturated heterocycles. The number of carbonyl (C=O) groups excluding carboxylic acids is 2. The first-order valence-corrected chi connectivity index (χ1v) is 28.7. The second-order valence-electron chi connectivity index (χ2n) is 19.4. The van der Waals surface area contributed by atoms with Crippen molar-refractivity contribution >= 4 is 19.7 Å². The summed E-state index contributed by atoms with van der Waals surface area (Å²) in [7, 11) is 1.14. The molecule has 1 N–H and O–H groups in total. The topological polar surface area (TPSA) is 114 Å². The Morgan fingerprint density at radius 2 is 0.940 bits per heavy atom. The second-order valence-corrected chi connectivity index (χ2v) is 20.8. The van der Waals surface area contributed by atoms with Crippen molar-refractivity contribution in [3.63, 3.8) is 0 Å². The van der Waals surface area contributed by atoms with Crippen molar-refractivity contribution in [2.75, 3.05) is 40.9 Å². The van der Waals surface area contributed by atoms with E-state index in [1.54, 1.807) is 6.08 Å². The van der Waals surface area contributed by atoms with Gasteiger partial charge >= 0.3 is 5.97 Å². The molecule has 9 nitrogen and oxygen atoms in total. The molecule has 3 unspecified atom stereocenters. The lowest BCUT2D eigenvalue weighted by molar-refractivity contribution is -0.870. The monoisotopic (exact) mass is 959 g/mol. The highest BCUT2D eigenvalue weighted by Gasteiger charge is 2.27. The Morgan fingerprint density at radius 1 is 0.522 bits per heavy atom. The summed E-state index contributed by atoms with van der Waals surface area (Å²) in [6.45, 7) is 6.71. The molecule has 0 aliphatic carbocycles. The maximum atomic E-state index is 13.4. The van der Waals surface area contributed by atoms with Crippen molar-refractivity contribution in [1.82, 2.24) is 5.32 Å². The molecule has 0 aromatic carbocycles. The first-order valence-electron chi connectivity index (χ1n) is 27.2. The van der Waals surface area contributed by atoms with Crippen LogP contribution in [0, 0.1) is 0 Å². The second kappa shape index (κ2) is 47.1. The number of ether oxygens (including phenoxy) is 1. The molecule has 0 rings (SSSR count). The molecule has 3 atom stereocenters. The molecule has 0 aromatic rings. The van der Waals surface area contributed by atoms with Crippen molar-refractivity contribution in [2.24, 2.45) is 0 Å². The van der Waals surface area contributed by atoms with Gasteiger partial charge in [0.2, 0.25) is 5.91 Å². The number of carbonyl (C=O) groups is 2. The van der Waals surface area contributed by atoms with Crippen LogP contribution in [-0.2, 0) is 27.9 Å². The number of amides is 1. The number of phosphoric ester groups is 1. The van der Waals surface area contributed by atoms with Gasteiger partial charge in [0.05, 0.1) is 33.8 Å². The highest BCUT2D eigenvalue weighted by Crippen LogP contribution is 2.38. The van der Waals surface area contributed by atoms with E-state index in [0.29, 0.717) is 23.9 Å². The zero-order chi connectivity index (χ0) is 49.4. The molecule has 10 heteroatoms. The molecule has 0 bridgehead atoms. The molecular weight excluding hydrogens is 856 g/mol. The van der Waals surface area contributed by atoms with Crippen LogP contribution in [0.2, 0.25) is 0 Å². The van der Waals surface area contributed by atoms with Gasteiger partial charge in [-0.1, -0.05) is 197 Å². The molecule has 0 aliphatic rings. The Balaban J connectivity index is 5.51. The predicted molar refractivity (Wildman–Crippen MR) is 284 cm³/mol. The maximum Gasteiger partial charge on any atom is 0.306 e. The SMILES string of the molecule is CCCC/C=C\CCCCCCCC(=O)NC(COP(=O)([O-])OCC[N+](C)(C)C)C(/C=C\CCCCCCCCCCCCC)OC(=O)CCC/C=C\C/C=C\C/C=C\C/C=C\CCCCC. The maximum absolute atomic E-state index is 13.4. The Kier molecular flexibility index (Phi) is 45.3. The van der Waals surface area contributed by atoms with Gasteiger partial charge in [-0.25, -0.2) is 0 Å². The van der Waals surface area contributed by atoms with Gasteiger partial charge in [-0.2, -0.15) is 0 Å². The normalized spacial score (nSPS) is 14.4. The van der Waals surface area contributed by atoms with Crippen LogP contribution < -0.4 is 10.2 Å². The third-order valence-corrected chi connectivity index (χ3v) is 12.6. The number of hydrogen-bond acceptors (Lipinski definition) is 7. The molecule has 1 amide bonds. The van der Waals surface area contributed by atoms with E-state index in [0.717, 1.165) is 89.9 Å². The summed E-state index contributed by atoms with van der Waals surface area (Å²) in [6, 6.07) is -0.915. The number of unbranched alkanes of at least 4 members (excludes halogenated alkanes) is 22. The fourth-order valence-electron chi connectivity index (χ4n) is 7.32. The van der Waals surface area contributed by atoms with E-state index in [4.69, 9.17) is 13.8 Å². The summed E-state index contributed by atoms with van der Waals surface area (Å²) >= 11 is 0. The van der Waals surface area contributed by atoms with Crippen LogP contribution in [0.5, 0.6) is 0 Å². The quantitative estimate of drug-likeness (QED) is 0.0212. The van der Waals surface area contributed by atoms with Gasteiger partial charge in [0.15, 0.2) is 0 Å². The number of allylic oxidation sites excluding steroid dienone is 11. The van der Waals surface area contributed by atoms with Gasteiger partial charge in [0, 0.05) is 12.8 Å². The van der Waals surface area contributed by atoms with Crippen LogP contribution in [0.15, 0.2) is 72.9 Å². The number of esters is 1. The van der Waals surface area contributed by atoms with Gasteiger partial charge in [0.1, 0.15) is 19.3 Å². The summed E-state index contributed by atoms with van der Waals surface area (Å²) in [6.07, 6.45) is 58.7. The average Bonchev–Trinajstić information content (AvgIpc) is 3.28. The van der Waals surface area contributed by atoms with Gasteiger partial charge < -0.3 is 28.5 Å². The molecule has 67 heavy (non-hydrogen) atoms. The van der Waals surface area contributed by atoms with Crippen molar-refractivity contribution in [1.29, 1.82) is 0 Å². The summed E-state index contributed by atoms with van der Waals surface area (Å²) < 4.78 is 30.1. The highest BCUT2D eigenvalue weighted by atomic mass is 31.2. The fourth-order valence-corrected chi connectivity index (χ4v) is 8.04. The summed E-state index contributed by atoms with van der Waals surface area (Å²) in [4.78, 5) is 39.7. The highest BCUT2D eigenvalue weighted by molar-refractivity contribution is 7.45. The van der Waals surface area contributed by atoms with Crippen LogP contribution in [0.1, 0.15) is 226 Å². The molecule has 0 radical (unpaired) electrons. The Bertz CT molecular complexity index is 1380. The van der Waals surface area contributed by atoms with Crippen LogP contribution >= 0.6 is 7.82 Å². The molecule has 0 heterocycles. The lowest BCUT2D eigenvalue weighted by Gasteiger charge is -2.30. The number of nitrogens with zero attached hydrogens (tertiary/aromatic N) is 1. The minimum absolute atomic E-state index is 0.0346. The van der Waals surface area contributed by atoms with Crippen LogP contribution in [0.4, 0.5) is 0 Å². The zero-order valence-electron chi connectivity index (χ0n) is 44.1. The van der Waals surface area contributed by atoms with E-state index in [2.05, 4.69) is 86.8 Å². The predicted octanol–water partition coefficient (Wildman–Crippen LogP) is 15.5. The van der Waals surface area contributed by atoms with Gasteiger partial charge in [-0.05, 0) is 89.5 Å². The largest absolute Gasteiger partial charge is 0.756 e. The van der Waals surface area contributed by atoms with Gasteiger partial charge in [-0.3, -0.25) is 14.2 Å². The van der Waals surface area contributed by atoms with Crippen LogP contribution in [0.3, 0.4) is 0 Å². The fraction of sp³-hybridized carbons (Fsp3) is 0.754. The third-order valence-electron chi connectivity index (χ3n) is 11.6. The van der Waals surface area contributed by atoms with Crippen molar-refractivity contribution < 1.29 is 37.3 Å². The molecule has 388 valence electrons. The van der Waals surface area contributed by atoms with E-state index in [1.165, 1.54) is 96.3 Å². The van der Waals surface area contributed by atoms with Gasteiger partial charge in [-0.15, -0.1) is 0 Å². The van der Waals surface area contributed by atoms with E-state index < -0.39 is 32.5 Å². The molecule has 0 spiro atoms. The minimum Gasteiger partial charge on any atom is -0.756 e. The lowest BCUT2D eigenvalue weighted by Crippen LogP contribution is -2.47. The minimum atomic E-state index is -4.70. The summed E-state index contributed by atoms with van der Waals surface area (Å²) in [5.41, 5.74) is 0. The number of hydrogen-bond donors (Lipinski definition) is 1. The number of phosphoric acid groups is 1. The number of quaternary nitrogens is 1. The molecular formula is C57H103N2O7P. The van der Waals surface area contributed by atoms with Gasteiger partial charge in [0.25, 0.3) is 7.82 Å². The third kappa shape index (κ3) is 48.3. The smallest absolute Gasteiger partial charge is 0.306 e. The zero-order valence-corrected chi connectivity index (χ0v) is 45.0. The summed E-state index contributed by atoms with van der Waals surface area (Å²) in [5.74, 6) is -0.622. The van der Waals surface area contributed by atoms with E-state index >= 15 is 0 Å². The number of nitrogens with one attached hydrogen (secondary N) is 1. The molecule has 0 aliphatic heterocycles. The first kappa shape index (κ1) is 64.5. The van der Waals surface area contributed by atoms with E-state index in [9.17, 15) is 19.0 Å². The average molecular weight is 959 g/mol. The van der Waals surface area contributed by atoms with Crippen LogP contribution in [0.25, 0.3) is 0 Å². The number of rotatable bonds is 48. The van der Waals surface area contributed by atoms with Crippen molar-refractivity contribution in [3.05, 3.63) is 72.9 Å².